The predicted octanol–water partition coefficient (Wildman–Crippen LogP) is 0.992. The summed E-state index contributed by atoms with van der Waals surface area (Å²) in [5.41, 5.74) is 1.17. The molecule has 1 aromatic carbocycles. The van der Waals surface area contributed by atoms with Gasteiger partial charge in [-0.15, -0.1) is 0 Å². The fraction of sp³-hybridized carbons (Fsp3) is 0. The van der Waals surface area contributed by atoms with Crippen LogP contribution in [-0.4, -0.2) is 17.5 Å². The van der Waals surface area contributed by atoms with Gasteiger partial charge in [-0.2, -0.15) is 0 Å². The summed E-state index contributed by atoms with van der Waals surface area (Å²) in [6, 6.07) is 10.0. The summed E-state index contributed by atoms with van der Waals surface area (Å²) >= 11 is 0. The summed E-state index contributed by atoms with van der Waals surface area (Å²) in [6.07, 6.45) is 1.83. The molecule has 0 heterocycles. The third-order valence-corrected chi connectivity index (χ3v) is 1.04. The zero-order valence-electron chi connectivity index (χ0n) is 6.71. The lowest BCUT2D eigenvalue weighted by Crippen LogP contribution is -1.91. The lowest BCUT2D eigenvalue weighted by Gasteiger charge is -2.06. The Hall–Kier alpha value is -1.17. The Morgan fingerprint density at radius 1 is 1.15 bits per heavy atom. The standard InChI is InChI=1S/C8H8.H2O4S/c1-2-8-6-4-3-5-7-8;1-5(2,3)4/h2-7H,1H2;(H2,1,2,3,4)/p-2. The van der Waals surface area contributed by atoms with Crippen molar-refractivity contribution in [2.75, 3.05) is 0 Å². The number of hydrogen-bond acceptors (Lipinski definition) is 4. The van der Waals surface area contributed by atoms with Crippen LogP contribution in [0, 0.1) is 0 Å². The Morgan fingerprint density at radius 3 is 1.77 bits per heavy atom. The van der Waals surface area contributed by atoms with E-state index < -0.39 is 10.4 Å². The molecule has 0 aliphatic carbocycles. The highest BCUT2D eigenvalue weighted by atomic mass is 32.3. The molecule has 0 unspecified atom stereocenters. The highest BCUT2D eigenvalue weighted by Crippen LogP contribution is 1.97. The minimum absolute atomic E-state index is 1.17. The van der Waals surface area contributed by atoms with E-state index >= 15 is 0 Å². The number of rotatable bonds is 1. The third kappa shape index (κ3) is 10.8. The fourth-order valence-electron chi connectivity index (χ4n) is 0.589. The number of hydrogen-bond donors (Lipinski definition) is 0. The van der Waals surface area contributed by atoms with Crippen LogP contribution in [0.1, 0.15) is 5.56 Å². The maximum absolute atomic E-state index is 8.52. The van der Waals surface area contributed by atoms with Crippen LogP contribution in [0.3, 0.4) is 0 Å². The Kier molecular flexibility index (Phi) is 4.98. The van der Waals surface area contributed by atoms with Gasteiger partial charge in [0.05, 0.1) is 0 Å². The summed E-state index contributed by atoms with van der Waals surface area (Å²) in [5.74, 6) is 0. The van der Waals surface area contributed by atoms with Crippen molar-refractivity contribution in [1.82, 2.24) is 0 Å². The average Bonchev–Trinajstić information content (AvgIpc) is 2.03. The van der Waals surface area contributed by atoms with E-state index in [1.807, 2.05) is 36.4 Å². The molecular formula is C8H8O4S-2. The molecule has 0 atom stereocenters. The molecule has 0 saturated heterocycles. The Morgan fingerprint density at radius 2 is 1.54 bits per heavy atom. The van der Waals surface area contributed by atoms with Gasteiger partial charge in [0.15, 0.2) is 0 Å². The molecule has 72 valence electrons. The molecule has 0 radical (unpaired) electrons. The van der Waals surface area contributed by atoms with Crippen molar-refractivity contribution in [2.24, 2.45) is 0 Å². The van der Waals surface area contributed by atoms with Crippen molar-refractivity contribution in [3.8, 4) is 0 Å². The van der Waals surface area contributed by atoms with E-state index in [4.69, 9.17) is 17.5 Å². The molecule has 0 spiro atoms. The van der Waals surface area contributed by atoms with Crippen molar-refractivity contribution < 1.29 is 17.5 Å². The maximum atomic E-state index is 8.52. The van der Waals surface area contributed by atoms with Crippen molar-refractivity contribution in [3.05, 3.63) is 42.5 Å². The van der Waals surface area contributed by atoms with E-state index in [1.54, 1.807) is 0 Å². The minimum Gasteiger partial charge on any atom is -0.759 e. The SMILES string of the molecule is C=Cc1ccccc1.O=S(=O)([O-])[O-]. The molecule has 1 aromatic rings. The van der Waals surface area contributed by atoms with Crippen molar-refractivity contribution in [1.29, 1.82) is 0 Å². The minimum atomic E-state index is -5.17. The van der Waals surface area contributed by atoms with Crippen molar-refractivity contribution in [3.63, 3.8) is 0 Å². The molecule has 0 N–H and O–H groups in total. The normalized spacial score (nSPS) is 9.69. The van der Waals surface area contributed by atoms with E-state index in [0.717, 1.165) is 0 Å². The van der Waals surface area contributed by atoms with Gasteiger partial charge in [0.2, 0.25) is 0 Å². The van der Waals surface area contributed by atoms with Gasteiger partial charge >= 0.3 is 0 Å². The first-order chi connectivity index (χ1) is 5.93. The summed E-state index contributed by atoms with van der Waals surface area (Å²) in [4.78, 5) is 0. The molecule has 0 saturated carbocycles. The third-order valence-electron chi connectivity index (χ3n) is 1.04. The summed E-state index contributed by atoms with van der Waals surface area (Å²) in [5, 5.41) is 0. The fourth-order valence-corrected chi connectivity index (χ4v) is 0.589. The van der Waals surface area contributed by atoms with Gasteiger partial charge in [-0.05, 0) is 5.56 Å². The van der Waals surface area contributed by atoms with Gasteiger partial charge in [0.25, 0.3) is 0 Å². The Labute approximate surface area is 77.1 Å². The van der Waals surface area contributed by atoms with Crippen molar-refractivity contribution >= 4 is 16.5 Å². The molecule has 0 aromatic heterocycles. The molecule has 0 amide bonds. The van der Waals surface area contributed by atoms with Crippen LogP contribution >= 0.6 is 0 Å². The average molecular weight is 200 g/mol. The second-order valence-corrected chi connectivity index (χ2v) is 2.84. The molecule has 0 aliphatic rings. The van der Waals surface area contributed by atoms with E-state index in [0.29, 0.717) is 0 Å². The molecule has 0 aliphatic heterocycles. The predicted molar refractivity (Wildman–Crippen MR) is 47.0 cm³/mol. The maximum Gasteiger partial charge on any atom is 0.0311 e. The topological polar surface area (TPSA) is 80.3 Å². The zero-order chi connectivity index (χ0) is 10.3. The van der Waals surface area contributed by atoms with Gasteiger partial charge in [-0.25, -0.2) is 0 Å². The molecule has 13 heavy (non-hydrogen) atoms. The highest BCUT2D eigenvalue weighted by Gasteiger charge is 1.75. The Balaban J connectivity index is 0.000000252. The molecule has 0 fully saturated rings. The molecular weight excluding hydrogens is 192 g/mol. The van der Waals surface area contributed by atoms with Gasteiger partial charge in [0.1, 0.15) is 0 Å². The van der Waals surface area contributed by atoms with Gasteiger partial charge in [-0.1, -0.05) is 43.0 Å². The molecule has 5 heteroatoms. The van der Waals surface area contributed by atoms with Crippen LogP contribution in [0.5, 0.6) is 0 Å². The van der Waals surface area contributed by atoms with E-state index in [9.17, 15) is 0 Å². The second-order valence-electron chi connectivity index (χ2n) is 2.02. The summed E-state index contributed by atoms with van der Waals surface area (Å²) in [6.45, 7) is 3.63. The van der Waals surface area contributed by atoms with Crippen LogP contribution in [0.15, 0.2) is 36.9 Å². The van der Waals surface area contributed by atoms with Gasteiger partial charge in [0, 0.05) is 10.4 Å². The van der Waals surface area contributed by atoms with E-state index in [2.05, 4.69) is 6.58 Å². The number of benzene rings is 1. The van der Waals surface area contributed by atoms with Crippen LogP contribution in [0.4, 0.5) is 0 Å². The van der Waals surface area contributed by atoms with E-state index in [-0.39, 0.29) is 0 Å². The van der Waals surface area contributed by atoms with Crippen LogP contribution in [0.25, 0.3) is 6.08 Å². The van der Waals surface area contributed by atoms with Crippen LogP contribution < -0.4 is 0 Å². The van der Waals surface area contributed by atoms with Gasteiger partial charge in [-0.3, -0.25) is 8.42 Å². The lowest BCUT2D eigenvalue weighted by molar-refractivity contribution is 0.352. The summed E-state index contributed by atoms with van der Waals surface area (Å²) < 4.78 is 34.1. The first-order valence-electron chi connectivity index (χ1n) is 3.27. The molecule has 0 bridgehead atoms. The van der Waals surface area contributed by atoms with Crippen LogP contribution in [0.2, 0.25) is 0 Å². The first-order valence-corrected chi connectivity index (χ1v) is 4.61. The van der Waals surface area contributed by atoms with Crippen LogP contribution in [-0.2, 0) is 10.4 Å². The quantitative estimate of drug-likeness (QED) is 0.500. The zero-order valence-corrected chi connectivity index (χ0v) is 7.53. The summed E-state index contributed by atoms with van der Waals surface area (Å²) in [7, 11) is -5.17. The molecule has 1 rings (SSSR count). The highest BCUT2D eigenvalue weighted by molar-refractivity contribution is 7.79. The first kappa shape index (κ1) is 11.8. The van der Waals surface area contributed by atoms with E-state index in [1.165, 1.54) is 5.56 Å². The monoisotopic (exact) mass is 200 g/mol. The van der Waals surface area contributed by atoms with Gasteiger partial charge < -0.3 is 9.11 Å². The van der Waals surface area contributed by atoms with Crippen molar-refractivity contribution in [2.45, 2.75) is 0 Å². The largest absolute Gasteiger partial charge is 0.759 e. The smallest absolute Gasteiger partial charge is 0.0311 e. The second kappa shape index (κ2) is 5.47. The Bertz CT molecular complexity index is 334. The lowest BCUT2D eigenvalue weighted by atomic mass is 10.2. The molecule has 4 nitrogen and oxygen atoms in total.